The molecule has 1 saturated carbocycles. The van der Waals surface area contributed by atoms with Gasteiger partial charge in [0.1, 0.15) is 5.82 Å². The number of halogens is 1. The Morgan fingerprint density at radius 1 is 1.21 bits per heavy atom. The van der Waals surface area contributed by atoms with Crippen molar-refractivity contribution >= 4 is 0 Å². The largest absolute Gasteiger partial charge is 0.328 e. The molecule has 0 aromatic heterocycles. The van der Waals surface area contributed by atoms with Gasteiger partial charge < -0.3 is 5.73 Å². The van der Waals surface area contributed by atoms with Gasteiger partial charge in [-0.05, 0) is 44.7 Å². The molecule has 1 aliphatic rings. The van der Waals surface area contributed by atoms with Crippen molar-refractivity contribution in [2.24, 2.45) is 5.73 Å². The van der Waals surface area contributed by atoms with Crippen LogP contribution in [0.3, 0.4) is 0 Å². The van der Waals surface area contributed by atoms with Crippen LogP contribution in [0.15, 0.2) is 24.3 Å². The van der Waals surface area contributed by atoms with E-state index in [0.29, 0.717) is 12.1 Å². The summed E-state index contributed by atoms with van der Waals surface area (Å²) in [6.45, 7) is 3.94. The molecule has 0 bridgehead atoms. The minimum Gasteiger partial charge on any atom is -0.328 e. The smallest absolute Gasteiger partial charge is 0.127 e. The number of nitrogens with two attached hydrogens (primary N) is 1. The summed E-state index contributed by atoms with van der Waals surface area (Å²) < 4.78 is 13.8. The first-order valence-electron chi connectivity index (χ1n) is 7.43. The zero-order chi connectivity index (χ0) is 13.7. The molecular weight excluding hydrogens is 239 g/mol. The zero-order valence-corrected chi connectivity index (χ0v) is 11.8. The first kappa shape index (κ1) is 14.5. The van der Waals surface area contributed by atoms with Gasteiger partial charge in [-0.25, -0.2) is 4.39 Å². The molecule has 0 heterocycles. The summed E-state index contributed by atoms with van der Waals surface area (Å²) in [5.74, 6) is -0.0869. The fourth-order valence-electron chi connectivity index (χ4n) is 2.99. The van der Waals surface area contributed by atoms with Crippen LogP contribution in [-0.4, -0.2) is 23.5 Å². The zero-order valence-electron chi connectivity index (χ0n) is 11.8. The van der Waals surface area contributed by atoms with Crippen LogP contribution in [0.4, 0.5) is 4.39 Å². The van der Waals surface area contributed by atoms with Crippen LogP contribution < -0.4 is 5.73 Å². The first-order valence-corrected chi connectivity index (χ1v) is 7.43. The van der Waals surface area contributed by atoms with Crippen molar-refractivity contribution in [3.05, 3.63) is 35.6 Å². The third-order valence-electron chi connectivity index (χ3n) is 4.10. The van der Waals surface area contributed by atoms with Gasteiger partial charge in [0.2, 0.25) is 0 Å². The van der Waals surface area contributed by atoms with Crippen LogP contribution >= 0.6 is 0 Å². The van der Waals surface area contributed by atoms with E-state index in [4.69, 9.17) is 5.73 Å². The highest BCUT2D eigenvalue weighted by Crippen LogP contribution is 2.24. The summed E-state index contributed by atoms with van der Waals surface area (Å²) in [6.07, 6.45) is 5.60. The minimum atomic E-state index is -0.0869. The van der Waals surface area contributed by atoms with E-state index >= 15 is 0 Å². The van der Waals surface area contributed by atoms with Crippen molar-refractivity contribution in [2.75, 3.05) is 6.54 Å². The molecule has 0 amide bonds. The quantitative estimate of drug-likeness (QED) is 0.884. The highest BCUT2D eigenvalue weighted by atomic mass is 19.1. The molecule has 0 atom stereocenters. The molecule has 3 heteroatoms. The molecule has 0 unspecified atom stereocenters. The normalized spacial score (nSPS) is 23.8. The van der Waals surface area contributed by atoms with E-state index in [1.54, 1.807) is 12.1 Å². The van der Waals surface area contributed by atoms with E-state index in [9.17, 15) is 4.39 Å². The summed E-state index contributed by atoms with van der Waals surface area (Å²) in [5.41, 5.74) is 6.78. The maximum atomic E-state index is 13.8. The molecule has 1 aromatic carbocycles. The lowest BCUT2D eigenvalue weighted by molar-refractivity contribution is 0.140. The Morgan fingerprint density at radius 2 is 1.89 bits per heavy atom. The number of benzene rings is 1. The number of hydrogen-bond acceptors (Lipinski definition) is 2. The van der Waals surface area contributed by atoms with Gasteiger partial charge in [0.25, 0.3) is 0 Å². The van der Waals surface area contributed by atoms with Crippen LogP contribution in [0.2, 0.25) is 0 Å². The highest BCUT2D eigenvalue weighted by Gasteiger charge is 2.24. The Kier molecular flexibility index (Phi) is 5.34. The standard InChI is InChI=1S/C16H25FN2/c1-2-11-19(15-9-7-14(18)8-10-15)12-13-5-3-4-6-16(13)17/h3-6,14-15H,2,7-12,18H2,1H3. The molecule has 1 aromatic rings. The molecule has 2 rings (SSSR count). The Labute approximate surface area is 115 Å². The number of rotatable bonds is 5. The van der Waals surface area contributed by atoms with Crippen LogP contribution in [0.1, 0.15) is 44.6 Å². The molecule has 2 nitrogen and oxygen atoms in total. The lowest BCUT2D eigenvalue weighted by atomic mass is 9.90. The average molecular weight is 264 g/mol. The molecule has 0 radical (unpaired) electrons. The number of hydrogen-bond donors (Lipinski definition) is 1. The van der Waals surface area contributed by atoms with Crippen LogP contribution in [0.5, 0.6) is 0 Å². The first-order chi connectivity index (χ1) is 9.20. The predicted molar refractivity (Wildman–Crippen MR) is 77.3 cm³/mol. The van der Waals surface area contributed by atoms with Crippen molar-refractivity contribution in [2.45, 2.75) is 57.7 Å². The van der Waals surface area contributed by atoms with Gasteiger partial charge in [0.05, 0.1) is 0 Å². The average Bonchev–Trinajstić information content (AvgIpc) is 2.42. The third kappa shape index (κ3) is 4.02. The monoisotopic (exact) mass is 264 g/mol. The third-order valence-corrected chi connectivity index (χ3v) is 4.10. The summed E-state index contributed by atoms with van der Waals surface area (Å²) in [5, 5.41) is 0. The molecule has 1 aliphatic carbocycles. The van der Waals surface area contributed by atoms with Crippen molar-refractivity contribution in [3.63, 3.8) is 0 Å². The van der Waals surface area contributed by atoms with Gasteiger partial charge in [-0.15, -0.1) is 0 Å². The second-order valence-corrected chi connectivity index (χ2v) is 5.63. The Hall–Kier alpha value is -0.930. The van der Waals surface area contributed by atoms with E-state index < -0.39 is 0 Å². The van der Waals surface area contributed by atoms with E-state index in [1.807, 2.05) is 12.1 Å². The van der Waals surface area contributed by atoms with Gasteiger partial charge >= 0.3 is 0 Å². The SMILES string of the molecule is CCCN(Cc1ccccc1F)C1CCC(N)CC1. The summed E-state index contributed by atoms with van der Waals surface area (Å²) in [6, 6.07) is 8.05. The predicted octanol–water partition coefficient (Wildman–Crippen LogP) is 3.31. The van der Waals surface area contributed by atoms with Crippen molar-refractivity contribution in [1.29, 1.82) is 0 Å². The molecule has 19 heavy (non-hydrogen) atoms. The lowest BCUT2D eigenvalue weighted by Crippen LogP contribution is -2.41. The van der Waals surface area contributed by atoms with Crippen molar-refractivity contribution in [1.82, 2.24) is 4.90 Å². The minimum absolute atomic E-state index is 0.0869. The van der Waals surface area contributed by atoms with Crippen LogP contribution in [0.25, 0.3) is 0 Å². The van der Waals surface area contributed by atoms with Gasteiger partial charge in [-0.3, -0.25) is 4.90 Å². The van der Waals surface area contributed by atoms with Crippen molar-refractivity contribution in [3.8, 4) is 0 Å². The van der Waals surface area contributed by atoms with Gasteiger partial charge in [0, 0.05) is 24.2 Å². The molecule has 0 saturated heterocycles. The Morgan fingerprint density at radius 3 is 2.53 bits per heavy atom. The van der Waals surface area contributed by atoms with Crippen LogP contribution in [-0.2, 0) is 6.54 Å². The van der Waals surface area contributed by atoms with Gasteiger partial charge in [-0.2, -0.15) is 0 Å². The van der Waals surface area contributed by atoms with E-state index in [0.717, 1.165) is 50.8 Å². The lowest BCUT2D eigenvalue weighted by Gasteiger charge is -2.36. The summed E-state index contributed by atoms with van der Waals surface area (Å²) in [7, 11) is 0. The molecule has 106 valence electrons. The van der Waals surface area contributed by atoms with E-state index in [-0.39, 0.29) is 5.82 Å². The summed E-state index contributed by atoms with van der Waals surface area (Å²) >= 11 is 0. The fraction of sp³-hybridized carbons (Fsp3) is 0.625. The second-order valence-electron chi connectivity index (χ2n) is 5.63. The Bertz CT molecular complexity index is 386. The van der Waals surface area contributed by atoms with Crippen molar-refractivity contribution < 1.29 is 4.39 Å². The van der Waals surface area contributed by atoms with Crippen LogP contribution in [0, 0.1) is 5.82 Å². The molecule has 0 aliphatic heterocycles. The topological polar surface area (TPSA) is 29.3 Å². The highest BCUT2D eigenvalue weighted by molar-refractivity contribution is 5.17. The fourth-order valence-corrected chi connectivity index (χ4v) is 2.99. The maximum absolute atomic E-state index is 13.8. The number of nitrogens with zero attached hydrogens (tertiary/aromatic N) is 1. The molecule has 0 spiro atoms. The van der Waals surface area contributed by atoms with Gasteiger partial charge in [0.15, 0.2) is 0 Å². The molecule has 2 N–H and O–H groups in total. The van der Waals surface area contributed by atoms with E-state index in [2.05, 4.69) is 11.8 Å². The molecular formula is C16H25FN2. The van der Waals surface area contributed by atoms with E-state index in [1.165, 1.54) is 0 Å². The van der Waals surface area contributed by atoms with Gasteiger partial charge in [-0.1, -0.05) is 25.1 Å². The second kappa shape index (κ2) is 7.01. The molecule has 1 fully saturated rings. The maximum Gasteiger partial charge on any atom is 0.127 e. The Balaban J connectivity index is 2.02. The summed E-state index contributed by atoms with van der Waals surface area (Å²) in [4.78, 5) is 2.43.